The van der Waals surface area contributed by atoms with Gasteiger partial charge >= 0.3 is 11.7 Å². The summed E-state index contributed by atoms with van der Waals surface area (Å²) in [6, 6.07) is 9.88. The van der Waals surface area contributed by atoms with Crippen molar-refractivity contribution in [2.75, 3.05) is 12.9 Å². The Morgan fingerprint density at radius 2 is 2.15 bits per heavy atom. The highest BCUT2D eigenvalue weighted by molar-refractivity contribution is 7.99. The van der Waals surface area contributed by atoms with Gasteiger partial charge in [0.25, 0.3) is 0 Å². The molecule has 1 aromatic carbocycles. The van der Waals surface area contributed by atoms with E-state index >= 15 is 0 Å². The fraction of sp³-hybridized carbons (Fsp3) is 0.308. The molecule has 0 atom stereocenters. The number of carbonyl (C=O) groups excluding carboxylic acids is 1. The lowest BCUT2D eigenvalue weighted by molar-refractivity contribution is -0.137. The van der Waals surface area contributed by atoms with Crippen LogP contribution >= 0.6 is 11.8 Å². The van der Waals surface area contributed by atoms with Gasteiger partial charge in [0.05, 0.1) is 12.9 Å². The smallest absolute Gasteiger partial charge is 0.343 e. The Hall–Kier alpha value is -2.02. The van der Waals surface area contributed by atoms with E-state index in [9.17, 15) is 9.59 Å². The summed E-state index contributed by atoms with van der Waals surface area (Å²) in [6.45, 7) is 0.517. The summed E-state index contributed by atoms with van der Waals surface area (Å²) in [7, 11) is 1.33. The molecule has 0 aliphatic rings. The molecule has 0 spiro atoms. The summed E-state index contributed by atoms with van der Waals surface area (Å²) in [5.74, 6) is -0.216. The third kappa shape index (κ3) is 3.74. The Kier molecular flexibility index (Phi) is 5.00. The molecular formula is C13H15N3O3S. The van der Waals surface area contributed by atoms with Gasteiger partial charge in [0, 0.05) is 6.54 Å². The zero-order chi connectivity index (χ0) is 14.4. The molecule has 20 heavy (non-hydrogen) atoms. The second-order valence-electron chi connectivity index (χ2n) is 4.06. The molecule has 7 heteroatoms. The monoisotopic (exact) mass is 293 g/mol. The van der Waals surface area contributed by atoms with Crippen LogP contribution < -0.4 is 5.69 Å². The number of carbonyl (C=O) groups is 1. The maximum atomic E-state index is 11.7. The minimum absolute atomic E-state index is 0.131. The lowest BCUT2D eigenvalue weighted by Gasteiger charge is -2.05. The van der Waals surface area contributed by atoms with Crippen molar-refractivity contribution >= 4 is 17.7 Å². The molecule has 0 bridgehead atoms. The summed E-state index contributed by atoms with van der Waals surface area (Å²) in [4.78, 5) is 22.8. The van der Waals surface area contributed by atoms with Crippen molar-refractivity contribution in [2.24, 2.45) is 0 Å². The van der Waals surface area contributed by atoms with Gasteiger partial charge in [-0.2, -0.15) is 0 Å². The van der Waals surface area contributed by atoms with E-state index in [0.29, 0.717) is 11.7 Å². The topological polar surface area (TPSA) is 77.0 Å². The Bertz CT molecular complexity index is 621. The number of H-pyrrole nitrogens is 1. The van der Waals surface area contributed by atoms with Gasteiger partial charge in [-0.25, -0.2) is 9.89 Å². The number of hydrogen-bond donors (Lipinski definition) is 1. The van der Waals surface area contributed by atoms with Crippen molar-refractivity contribution in [3.63, 3.8) is 0 Å². The van der Waals surface area contributed by atoms with E-state index in [0.717, 1.165) is 12.0 Å². The number of aryl methyl sites for hydroxylation is 1. The number of nitrogens with zero attached hydrogens (tertiary/aromatic N) is 2. The van der Waals surface area contributed by atoms with Crippen LogP contribution in [0, 0.1) is 0 Å². The quantitative estimate of drug-likeness (QED) is 0.637. The normalized spacial score (nSPS) is 10.4. The number of esters is 1. The Balaban J connectivity index is 2.02. The van der Waals surface area contributed by atoms with E-state index in [4.69, 9.17) is 0 Å². The molecule has 1 aromatic heterocycles. The Labute approximate surface area is 120 Å². The first-order valence-electron chi connectivity index (χ1n) is 6.09. The predicted octanol–water partition coefficient (Wildman–Crippen LogP) is 1.08. The van der Waals surface area contributed by atoms with Crippen LogP contribution in [0.25, 0.3) is 0 Å². The molecule has 2 rings (SSSR count). The number of nitrogens with one attached hydrogen (secondary N) is 1. The summed E-state index contributed by atoms with van der Waals surface area (Å²) in [6.07, 6.45) is 0.728. The van der Waals surface area contributed by atoms with Crippen molar-refractivity contribution < 1.29 is 9.53 Å². The Morgan fingerprint density at radius 1 is 1.40 bits per heavy atom. The van der Waals surface area contributed by atoms with E-state index in [1.165, 1.54) is 23.4 Å². The highest BCUT2D eigenvalue weighted by Gasteiger charge is 2.11. The number of rotatable bonds is 6. The molecular weight excluding hydrogens is 278 g/mol. The van der Waals surface area contributed by atoms with Gasteiger partial charge in [0.2, 0.25) is 0 Å². The third-order valence-electron chi connectivity index (χ3n) is 2.74. The zero-order valence-electron chi connectivity index (χ0n) is 11.0. The van der Waals surface area contributed by atoms with Gasteiger partial charge in [0.1, 0.15) is 0 Å². The second-order valence-corrected chi connectivity index (χ2v) is 5.01. The summed E-state index contributed by atoms with van der Waals surface area (Å²) < 4.78 is 6.09. The molecule has 0 aliphatic heterocycles. The number of aromatic amines is 1. The molecule has 0 saturated heterocycles. The van der Waals surface area contributed by atoms with Crippen LogP contribution in [0.4, 0.5) is 0 Å². The molecule has 2 aromatic rings. The zero-order valence-corrected chi connectivity index (χ0v) is 11.9. The maximum absolute atomic E-state index is 11.7. The standard InChI is InChI=1S/C13H15N3O3S/c1-19-11(17)9-20-13-15-14-12(18)16(13)8-7-10-5-3-2-4-6-10/h2-6H,7-9H2,1H3,(H,14,18). The van der Waals surface area contributed by atoms with E-state index < -0.39 is 0 Å². The van der Waals surface area contributed by atoms with Crippen LogP contribution in [0.2, 0.25) is 0 Å². The first kappa shape index (κ1) is 14.4. The molecule has 0 fully saturated rings. The first-order valence-corrected chi connectivity index (χ1v) is 7.08. The SMILES string of the molecule is COC(=O)CSc1n[nH]c(=O)n1CCc1ccccc1. The molecule has 0 amide bonds. The summed E-state index contributed by atoms with van der Waals surface area (Å²) >= 11 is 1.18. The van der Waals surface area contributed by atoms with Gasteiger partial charge < -0.3 is 4.74 Å². The van der Waals surface area contributed by atoms with Crippen LogP contribution in [-0.2, 0) is 22.5 Å². The fourth-order valence-electron chi connectivity index (χ4n) is 1.68. The second kappa shape index (κ2) is 6.95. The van der Waals surface area contributed by atoms with Gasteiger partial charge in [0.15, 0.2) is 5.16 Å². The molecule has 0 radical (unpaired) electrons. The Morgan fingerprint density at radius 3 is 2.85 bits per heavy atom. The predicted molar refractivity (Wildman–Crippen MR) is 75.7 cm³/mol. The molecule has 0 unspecified atom stereocenters. The largest absolute Gasteiger partial charge is 0.468 e. The van der Waals surface area contributed by atoms with Gasteiger partial charge in [-0.05, 0) is 12.0 Å². The van der Waals surface area contributed by atoms with Crippen molar-refractivity contribution in [1.82, 2.24) is 14.8 Å². The van der Waals surface area contributed by atoms with Crippen molar-refractivity contribution in [1.29, 1.82) is 0 Å². The van der Waals surface area contributed by atoms with Gasteiger partial charge in [-0.15, -0.1) is 5.10 Å². The van der Waals surface area contributed by atoms with Crippen LogP contribution in [0.15, 0.2) is 40.3 Å². The van der Waals surface area contributed by atoms with Gasteiger partial charge in [-0.3, -0.25) is 9.36 Å². The number of hydrogen-bond acceptors (Lipinski definition) is 5. The lowest BCUT2D eigenvalue weighted by atomic mass is 10.1. The highest BCUT2D eigenvalue weighted by Crippen LogP contribution is 2.13. The highest BCUT2D eigenvalue weighted by atomic mass is 32.2. The number of aromatic nitrogens is 3. The van der Waals surface area contributed by atoms with Crippen LogP contribution in [0.5, 0.6) is 0 Å². The fourth-order valence-corrected chi connectivity index (χ4v) is 2.48. The molecule has 1 N–H and O–H groups in total. The van der Waals surface area contributed by atoms with E-state index in [-0.39, 0.29) is 17.4 Å². The molecule has 6 nitrogen and oxygen atoms in total. The molecule has 106 valence electrons. The first-order chi connectivity index (χ1) is 9.70. The number of thioether (sulfide) groups is 1. The minimum atomic E-state index is -0.347. The summed E-state index contributed by atoms with van der Waals surface area (Å²) in [5, 5.41) is 6.81. The molecule has 0 saturated carbocycles. The third-order valence-corrected chi connectivity index (χ3v) is 3.69. The van der Waals surface area contributed by atoms with Crippen LogP contribution in [0.3, 0.4) is 0 Å². The van der Waals surface area contributed by atoms with Crippen molar-refractivity contribution in [3.8, 4) is 0 Å². The van der Waals surface area contributed by atoms with E-state index in [2.05, 4.69) is 14.9 Å². The average Bonchev–Trinajstić information content (AvgIpc) is 2.84. The maximum Gasteiger partial charge on any atom is 0.343 e. The van der Waals surface area contributed by atoms with Crippen LogP contribution in [0.1, 0.15) is 5.56 Å². The summed E-state index contributed by atoms with van der Waals surface area (Å²) in [5.41, 5.74) is 0.873. The van der Waals surface area contributed by atoms with E-state index in [1.807, 2.05) is 30.3 Å². The number of benzene rings is 1. The van der Waals surface area contributed by atoms with Gasteiger partial charge in [-0.1, -0.05) is 42.1 Å². The number of methoxy groups -OCH3 is 1. The lowest BCUT2D eigenvalue weighted by Crippen LogP contribution is -2.19. The number of ether oxygens (including phenoxy) is 1. The molecule has 0 aliphatic carbocycles. The van der Waals surface area contributed by atoms with Crippen LogP contribution in [-0.4, -0.2) is 33.6 Å². The minimum Gasteiger partial charge on any atom is -0.468 e. The molecule has 1 heterocycles. The average molecular weight is 293 g/mol. The van der Waals surface area contributed by atoms with Crippen molar-refractivity contribution in [3.05, 3.63) is 46.4 Å². The van der Waals surface area contributed by atoms with Crippen molar-refractivity contribution in [2.45, 2.75) is 18.1 Å². The van der Waals surface area contributed by atoms with E-state index in [1.54, 1.807) is 0 Å².